The molecule has 2 aliphatic heterocycles. The van der Waals surface area contributed by atoms with Crippen LogP contribution in [0.25, 0.3) is 0 Å². The maximum atomic E-state index is 13.7. The van der Waals surface area contributed by atoms with Gasteiger partial charge < -0.3 is 14.4 Å². The molecule has 2 aliphatic rings. The molecule has 0 radical (unpaired) electrons. The number of halogens is 2. The van der Waals surface area contributed by atoms with Gasteiger partial charge in [-0.15, -0.1) is 0 Å². The molecule has 36 heavy (non-hydrogen) atoms. The summed E-state index contributed by atoms with van der Waals surface area (Å²) in [4.78, 5) is 60.2. The van der Waals surface area contributed by atoms with Gasteiger partial charge in [0.25, 0.3) is 6.23 Å². The largest absolute Gasteiger partial charge is 0.456 e. The van der Waals surface area contributed by atoms with E-state index in [9.17, 15) is 28.0 Å². The average molecular weight is 504 g/mol. The zero-order chi connectivity index (χ0) is 26.2. The third-order valence-electron chi connectivity index (χ3n) is 5.02. The van der Waals surface area contributed by atoms with E-state index in [1.165, 1.54) is 0 Å². The van der Waals surface area contributed by atoms with Crippen molar-refractivity contribution in [3.8, 4) is 0 Å². The molecular weight excluding hydrogens is 482 g/mol. The second-order valence-electron chi connectivity index (χ2n) is 9.04. The summed E-state index contributed by atoms with van der Waals surface area (Å²) in [6.07, 6.45) is 0.00786. The molecule has 0 spiro atoms. The first-order valence-corrected chi connectivity index (χ1v) is 10.7. The summed E-state index contributed by atoms with van der Waals surface area (Å²) in [5.41, 5.74) is -0.430. The van der Waals surface area contributed by atoms with Crippen LogP contribution in [0.3, 0.4) is 0 Å². The fraction of sp³-hybridized carbons (Fsp3) is 0.364. The minimum atomic E-state index is -1.85. The quantitative estimate of drug-likeness (QED) is 0.591. The molecule has 190 valence electrons. The molecule has 4 amide bonds. The summed E-state index contributed by atoms with van der Waals surface area (Å²) < 4.78 is 37.9. The number of ether oxygens (including phenoxy) is 2. The van der Waals surface area contributed by atoms with Crippen molar-refractivity contribution in [3.05, 3.63) is 47.3 Å². The fourth-order valence-corrected chi connectivity index (χ4v) is 3.54. The number of nitrogens with zero attached hydrogens (tertiary/aromatic N) is 4. The number of amides is 4. The Balaban J connectivity index is 1.53. The van der Waals surface area contributed by atoms with Gasteiger partial charge in [-0.05, 0) is 32.9 Å². The summed E-state index contributed by atoms with van der Waals surface area (Å²) in [6.45, 7) is 3.64. The second kappa shape index (κ2) is 9.36. The maximum absolute atomic E-state index is 13.7. The van der Waals surface area contributed by atoms with E-state index in [-0.39, 0.29) is 30.3 Å². The molecule has 0 saturated carbocycles. The van der Waals surface area contributed by atoms with E-state index in [4.69, 9.17) is 9.47 Å². The van der Waals surface area contributed by atoms with E-state index >= 15 is 0 Å². The number of aromatic nitrogens is 2. The number of hydrogen-bond donors (Lipinski definition) is 2. The van der Waals surface area contributed by atoms with Gasteiger partial charge in [0, 0.05) is 11.1 Å². The smallest absolute Gasteiger partial charge is 0.370 e. The monoisotopic (exact) mass is 504 g/mol. The molecule has 1 atom stereocenters. The predicted octanol–water partition coefficient (Wildman–Crippen LogP) is 2.36. The molecule has 2 aromatic heterocycles. The number of esters is 2. The topological polar surface area (TPSA) is 143 Å². The van der Waals surface area contributed by atoms with Crippen molar-refractivity contribution in [1.29, 1.82) is 0 Å². The van der Waals surface area contributed by atoms with E-state index in [1.807, 2.05) is 0 Å². The summed E-state index contributed by atoms with van der Waals surface area (Å²) in [6, 6.07) is 0.743. The number of urea groups is 2. The highest BCUT2D eigenvalue weighted by atomic mass is 19.1. The Labute approximate surface area is 203 Å². The van der Waals surface area contributed by atoms with E-state index in [1.54, 1.807) is 20.8 Å². The Morgan fingerprint density at radius 3 is 2.14 bits per heavy atom. The standard InChI is InChI=1S/C22H22F2N6O6/c1-22(2,3)36-19(32)18(30-9-12-5-14(24)7-26-17(12)28-21(30)34)35-15(31)10-29-8-11-4-13(23)6-25-16(11)27-20(29)33/h4-7,18H,8-10H2,1-3H3,(H,25,27,33)(H,26,28,34). The highest BCUT2D eigenvalue weighted by Gasteiger charge is 2.40. The SMILES string of the molecule is CC(C)(C)OC(=O)C(OC(=O)CN1Cc2cc(F)cnc2NC1=O)N1Cc2cc(F)cnc2NC1=O. The lowest BCUT2D eigenvalue weighted by atomic mass is 10.2. The number of carbonyl (C=O) groups is 4. The van der Waals surface area contributed by atoms with Gasteiger partial charge in [-0.3, -0.25) is 20.3 Å². The van der Waals surface area contributed by atoms with Crippen molar-refractivity contribution in [1.82, 2.24) is 19.8 Å². The third kappa shape index (κ3) is 5.47. The van der Waals surface area contributed by atoms with Crippen LogP contribution < -0.4 is 10.6 Å². The van der Waals surface area contributed by atoms with Crippen molar-refractivity contribution in [2.75, 3.05) is 17.2 Å². The number of fused-ring (bicyclic) bond motifs is 2. The molecule has 0 aromatic carbocycles. The van der Waals surface area contributed by atoms with Gasteiger partial charge in [-0.1, -0.05) is 0 Å². The molecule has 0 aliphatic carbocycles. The fourth-order valence-electron chi connectivity index (χ4n) is 3.54. The molecule has 4 heterocycles. The summed E-state index contributed by atoms with van der Waals surface area (Å²) in [7, 11) is 0. The lowest BCUT2D eigenvalue weighted by Crippen LogP contribution is -2.53. The van der Waals surface area contributed by atoms with Crippen LogP contribution in [0.1, 0.15) is 31.9 Å². The summed E-state index contributed by atoms with van der Waals surface area (Å²) in [5.74, 6) is -3.15. The van der Waals surface area contributed by atoms with Crippen LogP contribution in [0.5, 0.6) is 0 Å². The van der Waals surface area contributed by atoms with Crippen molar-refractivity contribution in [2.24, 2.45) is 0 Å². The van der Waals surface area contributed by atoms with Crippen LogP contribution in [0, 0.1) is 11.6 Å². The van der Waals surface area contributed by atoms with Gasteiger partial charge in [0.15, 0.2) is 0 Å². The minimum absolute atomic E-state index is 0.0939. The zero-order valence-corrected chi connectivity index (χ0v) is 19.5. The molecule has 0 fully saturated rings. The molecule has 4 rings (SSSR count). The van der Waals surface area contributed by atoms with Crippen molar-refractivity contribution >= 4 is 35.6 Å². The van der Waals surface area contributed by atoms with E-state index in [0.29, 0.717) is 5.56 Å². The van der Waals surface area contributed by atoms with Crippen LogP contribution >= 0.6 is 0 Å². The van der Waals surface area contributed by atoms with E-state index < -0.39 is 54.0 Å². The van der Waals surface area contributed by atoms with Crippen LogP contribution in [0.15, 0.2) is 24.5 Å². The second-order valence-corrected chi connectivity index (χ2v) is 9.04. The molecule has 14 heteroatoms. The van der Waals surface area contributed by atoms with Crippen LogP contribution in [0.4, 0.5) is 30.0 Å². The van der Waals surface area contributed by atoms with Gasteiger partial charge in [0.1, 0.15) is 35.4 Å². The van der Waals surface area contributed by atoms with Gasteiger partial charge in [-0.2, -0.15) is 0 Å². The van der Waals surface area contributed by atoms with Crippen molar-refractivity contribution in [3.63, 3.8) is 0 Å². The number of rotatable bonds is 5. The highest BCUT2D eigenvalue weighted by molar-refractivity contribution is 5.95. The first kappa shape index (κ1) is 24.8. The lowest BCUT2D eigenvalue weighted by Gasteiger charge is -2.35. The Morgan fingerprint density at radius 1 is 1.00 bits per heavy atom. The van der Waals surface area contributed by atoms with Gasteiger partial charge in [-0.25, -0.2) is 33.1 Å². The zero-order valence-electron chi connectivity index (χ0n) is 19.5. The molecule has 2 N–H and O–H groups in total. The molecular formula is C22H22F2N6O6. The molecule has 1 unspecified atom stereocenters. The Hall–Kier alpha value is -4.36. The third-order valence-corrected chi connectivity index (χ3v) is 5.02. The number of carbonyl (C=O) groups excluding carboxylic acids is 4. The highest BCUT2D eigenvalue weighted by Crippen LogP contribution is 2.26. The molecule has 0 bridgehead atoms. The molecule has 12 nitrogen and oxygen atoms in total. The number of anilines is 2. The number of nitrogens with one attached hydrogen (secondary N) is 2. The van der Waals surface area contributed by atoms with Crippen LogP contribution in [-0.4, -0.2) is 62.1 Å². The van der Waals surface area contributed by atoms with Crippen LogP contribution in [0.2, 0.25) is 0 Å². The van der Waals surface area contributed by atoms with Gasteiger partial charge in [0.2, 0.25) is 0 Å². The Morgan fingerprint density at radius 2 is 1.56 bits per heavy atom. The normalized spacial score (nSPS) is 15.8. The predicted molar refractivity (Wildman–Crippen MR) is 118 cm³/mol. The van der Waals surface area contributed by atoms with Crippen molar-refractivity contribution < 1.29 is 37.4 Å². The number of pyridine rings is 2. The van der Waals surface area contributed by atoms with E-state index in [2.05, 4.69) is 20.6 Å². The Kier molecular flexibility index (Phi) is 6.43. The molecule has 0 saturated heterocycles. The van der Waals surface area contributed by atoms with E-state index in [0.717, 1.165) is 34.3 Å². The first-order chi connectivity index (χ1) is 16.9. The summed E-state index contributed by atoms with van der Waals surface area (Å²) >= 11 is 0. The van der Waals surface area contributed by atoms with Gasteiger partial charge in [0.05, 0.1) is 25.5 Å². The van der Waals surface area contributed by atoms with Crippen molar-refractivity contribution in [2.45, 2.75) is 45.7 Å². The number of hydrogen-bond acceptors (Lipinski definition) is 8. The van der Waals surface area contributed by atoms with Crippen LogP contribution in [-0.2, 0) is 32.2 Å². The maximum Gasteiger partial charge on any atom is 0.370 e. The minimum Gasteiger partial charge on any atom is -0.456 e. The summed E-state index contributed by atoms with van der Waals surface area (Å²) in [5, 5.41) is 4.84. The first-order valence-electron chi connectivity index (χ1n) is 10.7. The Bertz CT molecular complexity index is 1250. The van der Waals surface area contributed by atoms with Gasteiger partial charge >= 0.3 is 24.0 Å². The lowest BCUT2D eigenvalue weighted by molar-refractivity contribution is -0.186. The molecule has 2 aromatic rings. The average Bonchev–Trinajstić information content (AvgIpc) is 2.77.